The fourth-order valence-electron chi connectivity index (χ4n) is 0.781. The third-order valence-corrected chi connectivity index (χ3v) is 1.30. The van der Waals surface area contributed by atoms with Crippen LogP contribution in [0.2, 0.25) is 0 Å². The van der Waals surface area contributed by atoms with Crippen LogP contribution >= 0.6 is 0 Å². The molecule has 0 heterocycles. The monoisotopic (exact) mass is 171 g/mol. The lowest BCUT2D eigenvalue weighted by Crippen LogP contribution is -2.43. The van der Waals surface area contributed by atoms with E-state index in [1.165, 1.54) is 0 Å². The number of ether oxygens (including phenoxy) is 1. The Morgan fingerprint density at radius 2 is 2.08 bits per heavy atom. The molecule has 0 aliphatic heterocycles. The van der Waals surface area contributed by atoms with Crippen molar-refractivity contribution in [3.8, 4) is 0 Å². The van der Waals surface area contributed by atoms with Crippen LogP contribution in [0.25, 0.3) is 0 Å². The Morgan fingerprint density at radius 3 is 2.42 bits per heavy atom. The van der Waals surface area contributed by atoms with Crippen molar-refractivity contribution in [2.45, 2.75) is 33.4 Å². The second-order valence-corrected chi connectivity index (χ2v) is 3.21. The van der Waals surface area contributed by atoms with Crippen LogP contribution in [0.15, 0.2) is 12.2 Å². The summed E-state index contributed by atoms with van der Waals surface area (Å²) in [6.45, 7) is 11.4. The Kier molecular flexibility index (Phi) is 3.96. The van der Waals surface area contributed by atoms with Gasteiger partial charge in [0.05, 0.1) is 0 Å². The van der Waals surface area contributed by atoms with Gasteiger partial charge in [0.2, 0.25) is 0 Å². The van der Waals surface area contributed by atoms with Crippen LogP contribution in [-0.4, -0.2) is 18.2 Å². The highest BCUT2D eigenvalue weighted by Crippen LogP contribution is 2.07. The molecular weight excluding hydrogens is 154 g/mol. The number of hydrogen-bond acceptors (Lipinski definition) is 3. The molecule has 0 radical (unpaired) electrons. The Bertz CT molecular complexity index is 185. The zero-order valence-electron chi connectivity index (χ0n) is 8.23. The van der Waals surface area contributed by atoms with Crippen LogP contribution < -0.4 is 5.32 Å². The molecule has 0 aliphatic carbocycles. The highest BCUT2D eigenvalue weighted by Gasteiger charge is 2.20. The maximum atomic E-state index is 11.1. The van der Waals surface area contributed by atoms with Crippen molar-refractivity contribution in [1.29, 1.82) is 0 Å². The number of esters is 1. The average Bonchev–Trinajstić information content (AvgIpc) is 1.85. The highest BCUT2D eigenvalue weighted by atomic mass is 16.6. The molecular formula is C9H17NO2. The Balaban J connectivity index is 4.05. The summed E-state index contributed by atoms with van der Waals surface area (Å²) >= 11 is 0. The quantitative estimate of drug-likeness (QED) is 0.395. The van der Waals surface area contributed by atoms with Gasteiger partial charge in [-0.25, -0.2) is 4.79 Å². The van der Waals surface area contributed by atoms with E-state index in [1.54, 1.807) is 20.8 Å². The summed E-state index contributed by atoms with van der Waals surface area (Å²) in [6.07, 6.45) is 0. The van der Waals surface area contributed by atoms with E-state index in [1.807, 2.05) is 6.92 Å². The van der Waals surface area contributed by atoms with Gasteiger partial charge >= 0.3 is 5.97 Å². The van der Waals surface area contributed by atoms with E-state index in [0.717, 1.165) is 6.54 Å². The van der Waals surface area contributed by atoms with Crippen molar-refractivity contribution in [1.82, 2.24) is 5.32 Å². The molecule has 0 fully saturated rings. The Labute approximate surface area is 73.8 Å². The molecule has 0 atom stereocenters. The first kappa shape index (κ1) is 11.2. The number of carbonyl (C=O) groups excluding carboxylic acids is 1. The first-order chi connectivity index (χ1) is 5.39. The summed E-state index contributed by atoms with van der Waals surface area (Å²) < 4.78 is 5.09. The molecule has 0 rings (SSSR count). The minimum atomic E-state index is -0.606. The van der Waals surface area contributed by atoms with E-state index in [4.69, 9.17) is 4.74 Å². The highest BCUT2D eigenvalue weighted by molar-refractivity contribution is 5.87. The van der Waals surface area contributed by atoms with E-state index >= 15 is 0 Å². The summed E-state index contributed by atoms with van der Waals surface area (Å²) in [5.41, 5.74) is -0.189. The van der Waals surface area contributed by atoms with Crippen molar-refractivity contribution in [2.75, 3.05) is 6.54 Å². The molecule has 0 aromatic heterocycles. The Hall–Kier alpha value is -0.830. The third kappa shape index (κ3) is 4.13. The molecule has 0 aliphatic rings. The van der Waals surface area contributed by atoms with Crippen LogP contribution in [-0.2, 0) is 9.53 Å². The fourth-order valence-corrected chi connectivity index (χ4v) is 0.781. The lowest BCUT2D eigenvalue weighted by atomic mass is 10.3. The SMILES string of the molecule is C=C(C)C(=O)OC(C)(C)NCC. The van der Waals surface area contributed by atoms with Crippen LogP contribution in [0.3, 0.4) is 0 Å². The van der Waals surface area contributed by atoms with Gasteiger partial charge in [0.15, 0.2) is 5.72 Å². The molecule has 0 saturated carbocycles. The van der Waals surface area contributed by atoms with Crippen LogP contribution in [0.4, 0.5) is 0 Å². The first-order valence-corrected chi connectivity index (χ1v) is 4.03. The van der Waals surface area contributed by atoms with E-state index < -0.39 is 5.72 Å². The number of rotatable bonds is 4. The summed E-state index contributed by atoms with van der Waals surface area (Å²) in [4.78, 5) is 11.1. The van der Waals surface area contributed by atoms with Gasteiger partial charge < -0.3 is 4.74 Å². The van der Waals surface area contributed by atoms with E-state index in [0.29, 0.717) is 5.57 Å². The molecule has 0 amide bonds. The molecule has 12 heavy (non-hydrogen) atoms. The van der Waals surface area contributed by atoms with Gasteiger partial charge in [0.1, 0.15) is 0 Å². The van der Waals surface area contributed by atoms with Crippen LogP contribution in [0.5, 0.6) is 0 Å². The zero-order chi connectivity index (χ0) is 9.78. The largest absolute Gasteiger partial charge is 0.441 e. The zero-order valence-corrected chi connectivity index (χ0v) is 8.23. The lowest BCUT2D eigenvalue weighted by Gasteiger charge is -2.25. The number of hydrogen-bond donors (Lipinski definition) is 1. The summed E-state index contributed by atoms with van der Waals surface area (Å²) in [6, 6.07) is 0. The molecule has 0 bridgehead atoms. The third-order valence-electron chi connectivity index (χ3n) is 1.30. The molecule has 0 saturated heterocycles. The van der Waals surface area contributed by atoms with E-state index in [9.17, 15) is 4.79 Å². The number of nitrogens with one attached hydrogen (secondary N) is 1. The van der Waals surface area contributed by atoms with Crippen LogP contribution in [0, 0.1) is 0 Å². The summed E-state index contributed by atoms with van der Waals surface area (Å²) in [7, 11) is 0. The first-order valence-electron chi connectivity index (χ1n) is 4.03. The molecule has 1 N–H and O–H groups in total. The fraction of sp³-hybridized carbons (Fsp3) is 0.667. The topological polar surface area (TPSA) is 38.3 Å². The smallest absolute Gasteiger partial charge is 0.334 e. The van der Waals surface area contributed by atoms with Crippen molar-refractivity contribution >= 4 is 5.97 Å². The van der Waals surface area contributed by atoms with Crippen molar-refractivity contribution in [3.05, 3.63) is 12.2 Å². The van der Waals surface area contributed by atoms with Crippen molar-refractivity contribution in [3.63, 3.8) is 0 Å². The van der Waals surface area contributed by atoms with E-state index in [2.05, 4.69) is 11.9 Å². The summed E-state index contributed by atoms with van der Waals surface area (Å²) in [5, 5.41) is 3.02. The van der Waals surface area contributed by atoms with Crippen molar-refractivity contribution in [2.24, 2.45) is 0 Å². The van der Waals surface area contributed by atoms with Gasteiger partial charge in [-0.3, -0.25) is 5.32 Å². The van der Waals surface area contributed by atoms with Gasteiger partial charge in [-0.15, -0.1) is 0 Å². The second-order valence-electron chi connectivity index (χ2n) is 3.21. The average molecular weight is 171 g/mol. The molecule has 0 spiro atoms. The van der Waals surface area contributed by atoms with Gasteiger partial charge in [-0.1, -0.05) is 13.5 Å². The molecule has 0 aromatic rings. The lowest BCUT2D eigenvalue weighted by molar-refractivity contribution is -0.154. The molecule has 3 heteroatoms. The minimum absolute atomic E-state index is 0.360. The standard InChI is InChI=1S/C9H17NO2/c1-6-10-9(4,5)12-8(11)7(2)3/h10H,2,6H2,1,3-5H3. The normalized spacial score (nSPS) is 11.0. The maximum Gasteiger partial charge on any atom is 0.334 e. The second kappa shape index (κ2) is 4.26. The summed E-state index contributed by atoms with van der Waals surface area (Å²) in [5.74, 6) is -0.360. The molecule has 0 unspecified atom stereocenters. The van der Waals surface area contributed by atoms with Gasteiger partial charge in [0.25, 0.3) is 0 Å². The maximum absolute atomic E-state index is 11.1. The Morgan fingerprint density at radius 1 is 1.58 bits per heavy atom. The molecule has 3 nitrogen and oxygen atoms in total. The van der Waals surface area contributed by atoms with Gasteiger partial charge in [0, 0.05) is 5.57 Å². The van der Waals surface area contributed by atoms with Gasteiger partial charge in [-0.2, -0.15) is 0 Å². The number of carbonyl (C=O) groups is 1. The predicted octanol–water partition coefficient (Wildman–Crippen LogP) is 1.45. The molecule has 70 valence electrons. The van der Waals surface area contributed by atoms with Crippen molar-refractivity contribution < 1.29 is 9.53 Å². The van der Waals surface area contributed by atoms with E-state index in [-0.39, 0.29) is 5.97 Å². The van der Waals surface area contributed by atoms with Gasteiger partial charge in [-0.05, 0) is 27.3 Å². The molecule has 0 aromatic carbocycles. The minimum Gasteiger partial charge on any atom is -0.441 e. The predicted molar refractivity (Wildman–Crippen MR) is 48.7 cm³/mol. The van der Waals surface area contributed by atoms with Crippen LogP contribution in [0.1, 0.15) is 27.7 Å².